The highest BCUT2D eigenvalue weighted by molar-refractivity contribution is 7.99. The third-order valence-electron chi connectivity index (χ3n) is 2.85. The summed E-state index contributed by atoms with van der Waals surface area (Å²) in [5.41, 5.74) is -1.08. The van der Waals surface area contributed by atoms with Gasteiger partial charge < -0.3 is 5.32 Å². The van der Waals surface area contributed by atoms with Crippen LogP contribution in [-0.2, 0) is 20.8 Å². The van der Waals surface area contributed by atoms with E-state index < -0.39 is 33.7 Å². The summed E-state index contributed by atoms with van der Waals surface area (Å²) >= 11 is 0.758. The van der Waals surface area contributed by atoms with E-state index in [0.717, 1.165) is 24.0 Å². The van der Waals surface area contributed by atoms with Crippen molar-refractivity contribution in [1.29, 1.82) is 0 Å². The first-order valence-electron chi connectivity index (χ1n) is 6.18. The van der Waals surface area contributed by atoms with E-state index >= 15 is 0 Å². The third-order valence-corrected chi connectivity index (χ3v) is 5.48. The topological polar surface area (TPSA) is 89.0 Å². The molecule has 1 fully saturated rings. The Bertz CT molecular complexity index is 664. The fourth-order valence-corrected chi connectivity index (χ4v) is 4.19. The quantitative estimate of drug-likeness (QED) is 0.637. The van der Waals surface area contributed by atoms with Crippen LogP contribution in [0.15, 0.2) is 17.4 Å². The van der Waals surface area contributed by atoms with Gasteiger partial charge in [-0.05, 0) is 12.5 Å². The zero-order valence-electron chi connectivity index (χ0n) is 11.1. The van der Waals surface area contributed by atoms with Crippen molar-refractivity contribution in [2.45, 2.75) is 23.8 Å². The van der Waals surface area contributed by atoms with E-state index in [1.165, 1.54) is 0 Å². The van der Waals surface area contributed by atoms with Gasteiger partial charge in [0.1, 0.15) is 5.69 Å². The fraction of sp³-hybridized carbons (Fsp3) is 0.545. The molecule has 22 heavy (non-hydrogen) atoms. The Labute approximate surface area is 128 Å². The van der Waals surface area contributed by atoms with Crippen LogP contribution in [0.25, 0.3) is 0 Å². The van der Waals surface area contributed by atoms with Gasteiger partial charge in [0, 0.05) is 12.2 Å². The molecule has 1 aromatic rings. The molecule has 0 aromatic carbocycles. The van der Waals surface area contributed by atoms with Crippen LogP contribution < -0.4 is 5.32 Å². The largest absolute Gasteiger partial charge is 0.433 e. The van der Waals surface area contributed by atoms with E-state index in [-0.39, 0.29) is 22.4 Å². The number of rotatable bonds is 4. The lowest BCUT2D eigenvalue weighted by Crippen LogP contribution is -2.36. The van der Waals surface area contributed by atoms with Gasteiger partial charge in [0.15, 0.2) is 15.0 Å². The smallest absolute Gasteiger partial charge is 0.352 e. The lowest BCUT2D eigenvalue weighted by molar-refractivity contribution is -0.141. The van der Waals surface area contributed by atoms with Gasteiger partial charge in [0.25, 0.3) is 0 Å². The maximum absolute atomic E-state index is 12.5. The molecule has 6 nitrogen and oxygen atoms in total. The predicted molar refractivity (Wildman–Crippen MR) is 73.0 cm³/mol. The first-order chi connectivity index (χ1) is 10.2. The number of halogens is 3. The number of carbonyl (C=O) groups is 1. The molecule has 1 aliphatic heterocycles. The minimum absolute atomic E-state index is 0.0296. The van der Waals surface area contributed by atoms with Crippen LogP contribution in [0.4, 0.5) is 13.2 Å². The Morgan fingerprint density at radius 3 is 2.77 bits per heavy atom. The van der Waals surface area contributed by atoms with Crippen LogP contribution in [0.1, 0.15) is 12.1 Å². The van der Waals surface area contributed by atoms with Crippen molar-refractivity contribution in [3.8, 4) is 0 Å². The van der Waals surface area contributed by atoms with Crippen molar-refractivity contribution in [2.24, 2.45) is 0 Å². The van der Waals surface area contributed by atoms with Crippen molar-refractivity contribution in [3.63, 3.8) is 0 Å². The zero-order valence-corrected chi connectivity index (χ0v) is 12.8. The molecular formula is C11H12F3N3O3S2. The summed E-state index contributed by atoms with van der Waals surface area (Å²) in [7, 11) is -3.10. The third kappa shape index (κ3) is 4.83. The molecule has 1 amide bonds. The Morgan fingerprint density at radius 1 is 1.45 bits per heavy atom. The number of hydrogen-bond acceptors (Lipinski definition) is 6. The molecule has 11 heteroatoms. The maximum atomic E-state index is 12.5. The Morgan fingerprint density at radius 2 is 2.18 bits per heavy atom. The first-order valence-corrected chi connectivity index (χ1v) is 8.99. The van der Waals surface area contributed by atoms with E-state index in [0.29, 0.717) is 6.42 Å². The highest BCUT2D eigenvalue weighted by Gasteiger charge is 2.33. The molecule has 0 bridgehead atoms. The molecular weight excluding hydrogens is 343 g/mol. The average Bonchev–Trinajstić information content (AvgIpc) is 2.75. The van der Waals surface area contributed by atoms with Gasteiger partial charge in [-0.2, -0.15) is 13.2 Å². The molecule has 1 aromatic heterocycles. The Hall–Kier alpha value is -1.36. The molecule has 1 saturated heterocycles. The van der Waals surface area contributed by atoms with Gasteiger partial charge in [0.2, 0.25) is 5.91 Å². The summed E-state index contributed by atoms with van der Waals surface area (Å²) < 4.78 is 59.9. The number of nitrogens with zero attached hydrogens (tertiary/aromatic N) is 2. The molecule has 122 valence electrons. The van der Waals surface area contributed by atoms with Crippen LogP contribution in [0, 0.1) is 0 Å². The van der Waals surface area contributed by atoms with E-state index in [2.05, 4.69) is 15.3 Å². The summed E-state index contributed by atoms with van der Waals surface area (Å²) in [6, 6.07) is 0.300. The summed E-state index contributed by atoms with van der Waals surface area (Å²) in [5.74, 6) is -0.725. The normalized spacial score (nSPS) is 20.8. The lowest BCUT2D eigenvalue weighted by atomic mass is 10.3. The SMILES string of the molecule is O=C(CSc1nccc(C(F)(F)F)n1)NC1CCS(=O)(=O)C1. The number of amides is 1. The van der Waals surface area contributed by atoms with E-state index in [9.17, 15) is 26.4 Å². The van der Waals surface area contributed by atoms with Crippen molar-refractivity contribution < 1.29 is 26.4 Å². The monoisotopic (exact) mass is 355 g/mol. The number of aromatic nitrogens is 2. The van der Waals surface area contributed by atoms with Gasteiger partial charge in [-0.1, -0.05) is 11.8 Å². The number of alkyl halides is 3. The second kappa shape index (κ2) is 6.41. The second-order valence-corrected chi connectivity index (χ2v) is 7.85. The highest BCUT2D eigenvalue weighted by Crippen LogP contribution is 2.28. The number of hydrogen-bond donors (Lipinski definition) is 1. The standard InChI is InChI=1S/C11H12F3N3O3S2/c12-11(13,14)8-1-3-15-10(17-8)21-5-9(18)16-7-2-4-22(19,20)6-7/h1,3,7H,2,4-6H2,(H,16,18). The minimum Gasteiger partial charge on any atom is -0.352 e. The average molecular weight is 355 g/mol. The molecule has 0 saturated carbocycles. The van der Waals surface area contributed by atoms with Gasteiger partial charge in [-0.25, -0.2) is 18.4 Å². The van der Waals surface area contributed by atoms with Crippen LogP contribution in [0.2, 0.25) is 0 Å². The van der Waals surface area contributed by atoms with Crippen molar-refractivity contribution in [2.75, 3.05) is 17.3 Å². The van der Waals surface area contributed by atoms with Crippen molar-refractivity contribution >= 4 is 27.5 Å². The summed E-state index contributed by atoms with van der Waals surface area (Å²) in [6.07, 6.45) is -3.25. The zero-order chi connectivity index (χ0) is 16.4. The molecule has 2 heterocycles. The number of nitrogens with one attached hydrogen (secondary N) is 1. The highest BCUT2D eigenvalue weighted by atomic mass is 32.2. The van der Waals surface area contributed by atoms with Crippen LogP contribution in [-0.4, -0.2) is 47.6 Å². The van der Waals surface area contributed by atoms with Crippen LogP contribution in [0.3, 0.4) is 0 Å². The Kier molecular flexibility index (Phi) is 4.95. The summed E-state index contributed by atoms with van der Waals surface area (Å²) in [5, 5.41) is 2.37. The molecule has 1 unspecified atom stereocenters. The molecule has 2 rings (SSSR count). The van der Waals surface area contributed by atoms with E-state index in [1.807, 2.05) is 0 Å². The number of thioether (sulfide) groups is 1. The van der Waals surface area contributed by atoms with E-state index in [1.54, 1.807) is 0 Å². The molecule has 0 spiro atoms. The maximum Gasteiger partial charge on any atom is 0.433 e. The molecule has 1 aliphatic rings. The summed E-state index contributed by atoms with van der Waals surface area (Å²) in [4.78, 5) is 18.6. The Balaban J connectivity index is 1.87. The lowest BCUT2D eigenvalue weighted by Gasteiger charge is -2.10. The van der Waals surface area contributed by atoms with Gasteiger partial charge >= 0.3 is 6.18 Å². The van der Waals surface area contributed by atoms with Crippen molar-refractivity contribution in [3.05, 3.63) is 18.0 Å². The molecule has 0 radical (unpaired) electrons. The fourth-order valence-electron chi connectivity index (χ4n) is 1.88. The second-order valence-electron chi connectivity index (χ2n) is 4.68. The summed E-state index contributed by atoms with van der Waals surface area (Å²) in [6.45, 7) is 0. The number of sulfone groups is 1. The molecule has 1 N–H and O–H groups in total. The van der Waals surface area contributed by atoms with Gasteiger partial charge in [-0.3, -0.25) is 4.79 Å². The van der Waals surface area contributed by atoms with Crippen molar-refractivity contribution in [1.82, 2.24) is 15.3 Å². The molecule has 1 atom stereocenters. The van der Waals surface area contributed by atoms with E-state index in [4.69, 9.17) is 0 Å². The van der Waals surface area contributed by atoms with Crippen LogP contribution >= 0.6 is 11.8 Å². The van der Waals surface area contributed by atoms with Gasteiger partial charge in [-0.15, -0.1) is 0 Å². The molecule has 0 aliphatic carbocycles. The number of carbonyl (C=O) groups excluding carboxylic acids is 1. The van der Waals surface area contributed by atoms with Gasteiger partial charge in [0.05, 0.1) is 17.3 Å². The van der Waals surface area contributed by atoms with Crippen LogP contribution in [0.5, 0.6) is 0 Å². The predicted octanol–water partition coefficient (Wildman–Crippen LogP) is 0.891. The first kappa shape index (κ1) is 17.0. The minimum atomic E-state index is -4.57.